The van der Waals surface area contributed by atoms with Crippen molar-refractivity contribution in [1.82, 2.24) is 4.98 Å². The van der Waals surface area contributed by atoms with Crippen molar-refractivity contribution < 1.29 is 4.57 Å². The summed E-state index contributed by atoms with van der Waals surface area (Å²) in [4.78, 5) is 5.23. The van der Waals surface area contributed by atoms with E-state index in [9.17, 15) is 0 Å². The second kappa shape index (κ2) is 8.20. The monoisotopic (exact) mass is 417 g/mol. The van der Waals surface area contributed by atoms with E-state index in [-0.39, 0.29) is 5.41 Å². The van der Waals surface area contributed by atoms with Gasteiger partial charge < -0.3 is 0 Å². The Kier molecular flexibility index (Phi) is 5.22. The highest BCUT2D eigenvalue weighted by Gasteiger charge is 2.41. The maximum absolute atomic E-state index is 5.23. The molecule has 1 aliphatic rings. The first-order valence-corrected chi connectivity index (χ1v) is 11.4. The van der Waals surface area contributed by atoms with Crippen molar-refractivity contribution in [3.63, 3.8) is 0 Å². The van der Waals surface area contributed by atoms with Crippen LogP contribution in [0, 0.1) is 6.92 Å². The SMILES string of the molecule is CC=CCC1(C)C[n+]2cc(-c3ccc(C)cc3)nc(-c3ccccc3)c2-c2ccccc21. The molecule has 0 saturated carbocycles. The van der Waals surface area contributed by atoms with Gasteiger partial charge in [-0.25, -0.2) is 4.98 Å². The van der Waals surface area contributed by atoms with Crippen LogP contribution in [0.3, 0.4) is 0 Å². The summed E-state index contributed by atoms with van der Waals surface area (Å²) in [5, 5.41) is 0. The molecule has 0 radical (unpaired) electrons. The minimum absolute atomic E-state index is 0.0284. The zero-order valence-electron chi connectivity index (χ0n) is 19.0. The molecule has 3 aromatic carbocycles. The second-order valence-electron chi connectivity index (χ2n) is 9.06. The Hall–Kier alpha value is -3.52. The summed E-state index contributed by atoms with van der Waals surface area (Å²) >= 11 is 0. The van der Waals surface area contributed by atoms with Gasteiger partial charge in [0, 0.05) is 11.1 Å². The van der Waals surface area contributed by atoms with Crippen LogP contribution in [-0.4, -0.2) is 4.98 Å². The summed E-state index contributed by atoms with van der Waals surface area (Å²) < 4.78 is 2.44. The van der Waals surface area contributed by atoms with E-state index in [0.717, 1.165) is 35.5 Å². The molecule has 1 atom stereocenters. The lowest BCUT2D eigenvalue weighted by atomic mass is 9.73. The fourth-order valence-electron chi connectivity index (χ4n) is 4.85. The van der Waals surface area contributed by atoms with Crippen molar-refractivity contribution in [2.24, 2.45) is 0 Å². The van der Waals surface area contributed by atoms with E-state index >= 15 is 0 Å². The van der Waals surface area contributed by atoms with Gasteiger partial charge in [0.05, 0.1) is 11.0 Å². The van der Waals surface area contributed by atoms with E-state index < -0.39 is 0 Å². The molecular weight excluding hydrogens is 388 g/mol. The summed E-state index contributed by atoms with van der Waals surface area (Å²) in [6, 6.07) is 28.1. The van der Waals surface area contributed by atoms with Gasteiger partial charge in [0.2, 0.25) is 5.69 Å². The molecule has 0 spiro atoms. The smallest absolute Gasteiger partial charge is 0.234 e. The molecule has 1 aliphatic heterocycles. The van der Waals surface area contributed by atoms with Gasteiger partial charge in [-0.1, -0.05) is 90.5 Å². The molecule has 0 aliphatic carbocycles. The van der Waals surface area contributed by atoms with E-state index in [4.69, 9.17) is 4.98 Å². The lowest BCUT2D eigenvalue weighted by Crippen LogP contribution is -2.50. The fourth-order valence-corrected chi connectivity index (χ4v) is 4.85. The number of hydrogen-bond donors (Lipinski definition) is 0. The van der Waals surface area contributed by atoms with E-state index in [1.54, 1.807) is 0 Å². The van der Waals surface area contributed by atoms with Crippen molar-refractivity contribution >= 4 is 0 Å². The zero-order valence-corrected chi connectivity index (χ0v) is 19.0. The number of hydrogen-bond acceptors (Lipinski definition) is 1. The number of fused-ring (bicyclic) bond motifs is 3. The Morgan fingerprint density at radius 3 is 2.38 bits per heavy atom. The molecule has 1 unspecified atom stereocenters. The minimum atomic E-state index is 0.0284. The number of aromatic nitrogens is 2. The highest BCUT2D eigenvalue weighted by molar-refractivity contribution is 5.80. The first-order chi connectivity index (χ1) is 15.6. The Morgan fingerprint density at radius 1 is 0.906 bits per heavy atom. The van der Waals surface area contributed by atoms with Crippen molar-refractivity contribution in [1.29, 1.82) is 0 Å². The molecule has 5 rings (SSSR count). The van der Waals surface area contributed by atoms with E-state index in [1.165, 1.54) is 22.4 Å². The molecule has 0 saturated heterocycles. The number of nitrogens with zero attached hydrogens (tertiary/aromatic N) is 2. The Bertz CT molecular complexity index is 1290. The van der Waals surface area contributed by atoms with Crippen LogP contribution in [0.1, 0.15) is 31.4 Å². The summed E-state index contributed by atoms with van der Waals surface area (Å²) in [7, 11) is 0. The van der Waals surface area contributed by atoms with Crippen molar-refractivity contribution in [3.05, 3.63) is 108 Å². The molecule has 1 aromatic heterocycles. The van der Waals surface area contributed by atoms with E-state index in [2.05, 4.69) is 123 Å². The molecule has 2 heterocycles. The van der Waals surface area contributed by atoms with Gasteiger partial charge in [-0.05, 0) is 38.8 Å². The minimum Gasteiger partial charge on any atom is -0.234 e. The lowest BCUT2D eigenvalue weighted by molar-refractivity contribution is -0.696. The van der Waals surface area contributed by atoms with Crippen LogP contribution in [0.25, 0.3) is 33.8 Å². The van der Waals surface area contributed by atoms with Gasteiger partial charge in [-0.15, -0.1) is 0 Å². The summed E-state index contributed by atoms with van der Waals surface area (Å²) in [5.41, 5.74) is 9.54. The molecule has 32 heavy (non-hydrogen) atoms. The topological polar surface area (TPSA) is 16.8 Å². The maximum atomic E-state index is 5.23. The molecule has 0 fully saturated rings. The molecule has 2 heteroatoms. The van der Waals surface area contributed by atoms with E-state index in [1.807, 2.05) is 0 Å². The van der Waals surface area contributed by atoms with Crippen LogP contribution in [-0.2, 0) is 12.0 Å². The van der Waals surface area contributed by atoms with Crippen molar-refractivity contribution in [2.45, 2.75) is 39.2 Å². The number of benzene rings is 3. The number of allylic oxidation sites excluding steroid dienone is 2. The zero-order chi connectivity index (χ0) is 22.1. The van der Waals surface area contributed by atoms with Crippen molar-refractivity contribution in [2.75, 3.05) is 0 Å². The largest absolute Gasteiger partial charge is 0.239 e. The molecule has 0 N–H and O–H groups in total. The molecular formula is C30H29N2+. The summed E-state index contributed by atoms with van der Waals surface area (Å²) in [6.07, 6.45) is 7.71. The molecule has 4 aromatic rings. The summed E-state index contributed by atoms with van der Waals surface area (Å²) in [5.74, 6) is 0. The molecule has 2 nitrogen and oxygen atoms in total. The fraction of sp³-hybridized carbons (Fsp3) is 0.200. The average molecular weight is 418 g/mol. The molecule has 0 bridgehead atoms. The second-order valence-corrected chi connectivity index (χ2v) is 9.06. The molecule has 158 valence electrons. The van der Waals surface area contributed by atoms with Crippen LogP contribution >= 0.6 is 0 Å². The van der Waals surface area contributed by atoms with Gasteiger partial charge in [0.1, 0.15) is 11.4 Å². The van der Waals surface area contributed by atoms with Gasteiger partial charge in [-0.3, -0.25) is 0 Å². The first-order valence-electron chi connectivity index (χ1n) is 11.4. The third kappa shape index (κ3) is 3.56. The van der Waals surface area contributed by atoms with E-state index in [0.29, 0.717) is 0 Å². The lowest BCUT2D eigenvalue weighted by Gasteiger charge is -2.33. The predicted octanol–water partition coefficient (Wildman–Crippen LogP) is 6.92. The highest BCUT2D eigenvalue weighted by atomic mass is 15.0. The van der Waals surface area contributed by atoms with Gasteiger partial charge in [-0.2, -0.15) is 4.57 Å². The quantitative estimate of drug-likeness (QED) is 0.260. The normalized spacial score (nSPS) is 17.2. The average Bonchev–Trinajstić information content (AvgIpc) is 2.83. The maximum Gasteiger partial charge on any atom is 0.239 e. The standard InChI is InChI=1S/C30H29N2/c1-4-5-19-30(3)21-32-20-27(23-17-15-22(2)16-18-23)31-28(24-11-7-6-8-12-24)29(32)25-13-9-10-14-26(25)30/h4-18,20H,19,21H2,1-3H3/q+1. The Balaban J connectivity index is 1.79. The highest BCUT2D eigenvalue weighted by Crippen LogP contribution is 2.42. The number of aryl methyl sites for hydroxylation is 1. The molecule has 0 amide bonds. The van der Waals surface area contributed by atoms with Crippen LogP contribution < -0.4 is 4.57 Å². The Morgan fingerprint density at radius 2 is 1.62 bits per heavy atom. The third-order valence-corrected chi connectivity index (χ3v) is 6.57. The van der Waals surface area contributed by atoms with Crippen molar-refractivity contribution in [3.8, 4) is 33.8 Å². The third-order valence-electron chi connectivity index (χ3n) is 6.57. The van der Waals surface area contributed by atoms with Crippen LogP contribution in [0.2, 0.25) is 0 Å². The van der Waals surface area contributed by atoms with Gasteiger partial charge in [0.15, 0.2) is 12.7 Å². The first kappa shape index (κ1) is 20.4. The van der Waals surface area contributed by atoms with Gasteiger partial charge in [0.25, 0.3) is 0 Å². The van der Waals surface area contributed by atoms with Crippen LogP contribution in [0.4, 0.5) is 0 Å². The van der Waals surface area contributed by atoms with Crippen LogP contribution in [0.5, 0.6) is 0 Å². The van der Waals surface area contributed by atoms with Crippen LogP contribution in [0.15, 0.2) is 97.2 Å². The number of rotatable bonds is 4. The Labute approximate surface area is 190 Å². The van der Waals surface area contributed by atoms with Gasteiger partial charge >= 0.3 is 0 Å². The predicted molar refractivity (Wildman–Crippen MR) is 132 cm³/mol. The summed E-state index contributed by atoms with van der Waals surface area (Å²) in [6.45, 7) is 7.53.